The Hall–Kier alpha value is -16.7. The van der Waals surface area contributed by atoms with E-state index in [1.807, 2.05) is 256 Å². The number of esters is 2. The van der Waals surface area contributed by atoms with E-state index in [2.05, 4.69) is 91.8 Å². The number of nitrogens with zero attached hydrogens (tertiary/aromatic N) is 20. The minimum absolute atomic E-state index is 0.167. The summed E-state index contributed by atoms with van der Waals surface area (Å²) in [6.07, 6.45) is 36.5. The first-order valence-corrected chi connectivity index (χ1v) is 42.7. The maximum atomic E-state index is 12.1. The minimum Gasteiger partial charge on any atom is -0.478 e. The predicted octanol–water partition coefficient (Wildman–Crippen LogP) is 18.2. The maximum Gasteiger partial charge on any atom is 0.494 e. The lowest BCUT2D eigenvalue weighted by atomic mass is 9.80. The van der Waals surface area contributed by atoms with Gasteiger partial charge in [0.1, 0.15) is 10.0 Å². The average molecular weight is 1920 g/mol. The topological polar surface area (TPSA) is 413 Å². The van der Waals surface area contributed by atoms with Crippen LogP contribution in [0.1, 0.15) is 81.3 Å². The highest BCUT2D eigenvalue weighted by Gasteiger charge is 2.51. The number of aromatic nitrogens is 18. The lowest BCUT2D eigenvalue weighted by Crippen LogP contribution is -2.41. The first kappa shape index (κ1) is 94.9. The minimum atomic E-state index is -0.972. The van der Waals surface area contributed by atoms with Gasteiger partial charge in [-0.1, -0.05) is 91.0 Å². The molecule has 1 aliphatic rings. The summed E-state index contributed by atoms with van der Waals surface area (Å²) in [5.74, 6) is -1.55. The van der Waals surface area contributed by atoms with Gasteiger partial charge < -0.3 is 49.9 Å². The van der Waals surface area contributed by atoms with Gasteiger partial charge in [-0.05, 0) is 248 Å². The summed E-state index contributed by atoms with van der Waals surface area (Å²) in [5, 5.41) is 52.9. The summed E-state index contributed by atoms with van der Waals surface area (Å²) in [7, 11) is 2.44. The number of halogens is 2. The van der Waals surface area contributed by atoms with E-state index in [4.69, 9.17) is 30.0 Å². The highest BCUT2D eigenvalue weighted by molar-refractivity contribution is 9.11. The van der Waals surface area contributed by atoms with Crippen LogP contribution in [-0.4, -0.2) is 154 Å². The molecule has 19 rings (SSSR count). The van der Waals surface area contributed by atoms with E-state index in [0.717, 1.165) is 84.2 Å². The first-order valence-electron chi connectivity index (χ1n) is 41.1. The van der Waals surface area contributed by atoms with Crippen molar-refractivity contribution < 1.29 is 48.1 Å². The molecule has 18 aromatic rings. The smallest absolute Gasteiger partial charge is 0.478 e. The van der Waals surface area contributed by atoms with Crippen LogP contribution in [0, 0.1) is 20.2 Å². The second-order valence-electron chi connectivity index (χ2n) is 29.9. The number of anilines is 1. The van der Waals surface area contributed by atoms with E-state index in [1.54, 1.807) is 128 Å². The molecule has 670 valence electrons. The summed E-state index contributed by atoms with van der Waals surface area (Å²) in [6, 6.07) is 71.7. The third kappa shape index (κ3) is 24.6. The van der Waals surface area contributed by atoms with Crippen LogP contribution in [0.3, 0.4) is 0 Å². The summed E-state index contributed by atoms with van der Waals surface area (Å²) in [6.45, 7) is 8.20. The van der Waals surface area contributed by atoms with Crippen LogP contribution in [0.4, 0.5) is 17.5 Å². The fourth-order valence-electron chi connectivity index (χ4n) is 13.2. The molecule has 0 aliphatic carbocycles. The van der Waals surface area contributed by atoms with Gasteiger partial charge in [0.25, 0.3) is 0 Å². The number of benzene rings is 5. The number of nitro groups is 2. The van der Waals surface area contributed by atoms with Crippen molar-refractivity contribution in [3.05, 3.63) is 429 Å². The van der Waals surface area contributed by atoms with Gasteiger partial charge >= 0.3 is 36.7 Å². The zero-order valence-corrected chi connectivity index (χ0v) is 75.9. The second kappa shape index (κ2) is 45.5. The molecule has 1 fully saturated rings. The molecule has 5 aromatic carbocycles. The molecule has 0 atom stereocenters. The summed E-state index contributed by atoms with van der Waals surface area (Å²) in [4.78, 5) is 87.5. The third-order valence-electron chi connectivity index (χ3n) is 20.7. The normalized spacial score (nSPS) is 11.8. The Morgan fingerprint density at radius 1 is 0.381 bits per heavy atom. The van der Waals surface area contributed by atoms with E-state index in [1.165, 1.54) is 42.0 Å². The van der Waals surface area contributed by atoms with Crippen LogP contribution in [0.15, 0.2) is 370 Å². The fraction of sp³-hybridized carbons (Fsp3) is 0.102. The Kier molecular flexibility index (Phi) is 32.2. The number of carbonyl (C=O) groups is 3. The van der Waals surface area contributed by atoms with Gasteiger partial charge in [0.2, 0.25) is 0 Å². The number of carboxylic acid groups (broad SMARTS) is 1. The van der Waals surface area contributed by atoms with E-state index in [9.17, 15) is 39.7 Å². The number of nitrogen functional groups attached to an aromatic ring is 1. The molecule has 0 saturated carbocycles. The molecule has 0 unspecified atom stereocenters. The molecule has 0 radical (unpaired) electrons. The van der Waals surface area contributed by atoms with Crippen molar-refractivity contribution in [2.75, 3.05) is 20.0 Å². The number of nitrogens with two attached hydrogens (primary N) is 1. The standard InChI is InChI=1S/C22H18N4O2.C21H16N4O2.C14H10N4O2.C14H12N4.C11H16BNO2.C9H6BrN3O2.C7H6BrNO2/c1-28-22(27)19-9-12-24-14-17(19)13-21-20(16-7-10-23-11-8-16)15-26(25-21)18-5-3-2-4-6-18;26-21(27)18-8-11-23-13-16(18)12-20-19(15-6-9-22-10-7-15)14-25(24-20)17-4-2-1-3-5-17;19-18(20)14-13(11-6-8-15-9-7-11)10-17(16-14)12-4-2-1-3-5-12;15-14-13(11-6-8-16-9-7-11)10-18(17-14)12-4-2-1-3-5-12;1-10(2)11(3,4)15-12(14-10)9-5-7-13-8-6-9;10-8-6-12(11-9(8)13(14)15)7-4-2-1-3-5-7;1-11-7(10)5-2-3-9-4-6(5)8/h2-12,14-15H,13H2,1H3;1-11,13-14H,12H2,(H,26,27);1-10H;1-10H,(H2,15,17);5-8H,1-4H3;1-6H;2-4H,1H3. The monoisotopic (exact) mass is 1920 g/mol. The van der Waals surface area contributed by atoms with Gasteiger partial charge in [0.15, 0.2) is 5.82 Å². The molecule has 13 aromatic heterocycles. The molecule has 0 amide bonds. The van der Waals surface area contributed by atoms with Crippen molar-refractivity contribution in [3.8, 4) is 72.9 Å². The van der Waals surface area contributed by atoms with E-state index >= 15 is 0 Å². The largest absolute Gasteiger partial charge is 0.494 e. The van der Waals surface area contributed by atoms with Crippen LogP contribution in [0.25, 0.3) is 72.9 Å². The number of para-hydroxylation sites is 5. The van der Waals surface area contributed by atoms with Crippen molar-refractivity contribution in [1.29, 1.82) is 0 Å². The van der Waals surface area contributed by atoms with Gasteiger partial charge in [-0.25, -0.2) is 28.4 Å². The summed E-state index contributed by atoms with van der Waals surface area (Å²) in [5.41, 5.74) is 22.1. The van der Waals surface area contributed by atoms with Gasteiger partial charge in [-0.2, -0.15) is 15.3 Å². The summed E-state index contributed by atoms with van der Waals surface area (Å²) >= 11 is 6.26. The zero-order chi connectivity index (χ0) is 94.5. The number of carbonyl (C=O) groups excluding carboxylic acids is 2. The number of hydrogen-bond acceptors (Lipinski definition) is 25. The first-order chi connectivity index (χ1) is 64.9. The number of methoxy groups -OCH3 is 2. The van der Waals surface area contributed by atoms with Gasteiger partial charge in [-0.3, -0.25) is 39.9 Å². The number of carboxylic acids is 1. The Bertz CT molecular complexity index is 6910. The number of rotatable bonds is 19. The Morgan fingerprint density at radius 3 is 1.07 bits per heavy atom. The SMILES string of the molecule is CC1(C)OB(c2ccncc2)OC1(C)C.COC(=O)c1ccncc1Br.COC(=O)c1ccncc1Cc1nn(-c2ccccc2)cc1-c1ccncc1.Nc1nn(-c2ccccc2)cc1-c1ccncc1.O=C(O)c1ccncc1Cc1nn(-c2ccccc2)cc1-c1ccncc1.O=[N+]([O-])c1nn(-c2ccccc2)cc1-c1ccncc1.O=[N+]([O-])c1nn(-c2ccccc2)cc1Br. The zero-order valence-electron chi connectivity index (χ0n) is 72.8. The van der Waals surface area contributed by atoms with Crippen molar-refractivity contribution in [1.82, 2.24) is 88.8 Å². The number of pyridine rings is 8. The number of aromatic carboxylic acids is 1. The van der Waals surface area contributed by atoms with Gasteiger partial charge in [0.05, 0.1) is 109 Å². The third-order valence-corrected chi connectivity index (χ3v) is 21.8. The Morgan fingerprint density at radius 2 is 0.687 bits per heavy atom. The highest BCUT2D eigenvalue weighted by Crippen LogP contribution is 2.38. The molecule has 14 heterocycles. The molecule has 0 bridgehead atoms. The van der Waals surface area contributed by atoms with E-state index in [-0.39, 0.29) is 47.5 Å². The van der Waals surface area contributed by atoms with Crippen molar-refractivity contribution in [2.24, 2.45) is 0 Å². The van der Waals surface area contributed by atoms with Crippen LogP contribution in [-0.2, 0) is 31.6 Å². The lowest BCUT2D eigenvalue weighted by molar-refractivity contribution is -0.390. The molecule has 33 nitrogen and oxygen atoms in total. The van der Waals surface area contributed by atoms with Gasteiger partial charge in [-0.15, -0.1) is 9.36 Å². The molecular formula is C98H84BBr2N21O12. The molecule has 0 spiro atoms. The number of ether oxygens (including phenoxy) is 2. The van der Waals surface area contributed by atoms with Crippen molar-refractivity contribution >= 4 is 79.8 Å². The fourth-order valence-corrected chi connectivity index (χ4v) is 14.0. The van der Waals surface area contributed by atoms with E-state index < -0.39 is 15.8 Å². The average Bonchev–Trinajstić information content (AvgIpc) is 1.69. The van der Waals surface area contributed by atoms with Crippen LogP contribution < -0.4 is 11.2 Å². The quantitative estimate of drug-likeness (QED) is 0.0328. The number of hydrogen-bond donors (Lipinski definition) is 2. The molecule has 36 heteroatoms. The summed E-state index contributed by atoms with van der Waals surface area (Å²) < 4.78 is 30.6. The van der Waals surface area contributed by atoms with Gasteiger partial charge in [0, 0.05) is 147 Å². The molecule has 1 aliphatic heterocycles. The predicted molar refractivity (Wildman–Crippen MR) is 512 cm³/mol. The lowest BCUT2D eigenvalue weighted by Gasteiger charge is -2.32. The van der Waals surface area contributed by atoms with Crippen LogP contribution >= 0.6 is 31.9 Å². The molecule has 134 heavy (non-hydrogen) atoms. The van der Waals surface area contributed by atoms with E-state index in [0.29, 0.717) is 55.4 Å². The second-order valence-corrected chi connectivity index (χ2v) is 31.6. The maximum absolute atomic E-state index is 12.1. The highest BCUT2D eigenvalue weighted by atomic mass is 79.9. The Labute approximate surface area is 785 Å². The molecule has 3 N–H and O–H groups in total. The van der Waals surface area contributed by atoms with Crippen molar-refractivity contribution in [3.63, 3.8) is 0 Å². The van der Waals surface area contributed by atoms with Crippen LogP contribution in [0.2, 0.25) is 0 Å². The van der Waals surface area contributed by atoms with Crippen LogP contribution in [0.5, 0.6) is 0 Å². The molecular weight excluding hydrogens is 1830 g/mol. The van der Waals surface area contributed by atoms with Crippen molar-refractivity contribution in [2.45, 2.75) is 51.7 Å². The molecule has 1 saturated heterocycles. The Balaban J connectivity index is 0.000000135.